The number of esters is 2. The quantitative estimate of drug-likeness (QED) is 0.0448. The Kier molecular flexibility index (Phi) is 33.6. The van der Waals surface area contributed by atoms with Gasteiger partial charge in [0.2, 0.25) is 0 Å². The van der Waals surface area contributed by atoms with E-state index in [1.165, 1.54) is 162 Å². The summed E-state index contributed by atoms with van der Waals surface area (Å²) in [5, 5.41) is 0. The minimum atomic E-state index is -0.785. The van der Waals surface area contributed by atoms with E-state index in [1.54, 1.807) is 0 Å². The molecule has 56 heavy (non-hydrogen) atoms. The van der Waals surface area contributed by atoms with Crippen LogP contribution in [0.25, 0.3) is 0 Å². The zero-order valence-corrected chi connectivity index (χ0v) is 38.3. The molecule has 0 bridgehead atoms. The lowest BCUT2D eigenvalue weighted by atomic mass is 9.89. The Morgan fingerprint density at radius 2 is 0.875 bits per heavy atom. The third-order valence-corrected chi connectivity index (χ3v) is 11.7. The predicted molar refractivity (Wildman–Crippen MR) is 234 cm³/mol. The predicted octanol–water partition coefficient (Wildman–Crippen LogP) is 10.8. The Bertz CT molecular complexity index is 924. The topological polar surface area (TPSA) is 80.8 Å². The van der Waals surface area contributed by atoms with Crippen molar-refractivity contribution >= 4 is 11.9 Å². The van der Waals surface area contributed by atoms with Gasteiger partial charge in [-0.15, -0.1) is 0 Å². The van der Waals surface area contributed by atoms with Gasteiger partial charge >= 0.3 is 11.9 Å². The average Bonchev–Trinajstić information content (AvgIpc) is 3.16. The van der Waals surface area contributed by atoms with Gasteiger partial charge in [0.05, 0.1) is 12.7 Å². The number of rotatable bonds is 38. The number of carbonyl (C=O) groups is 2. The van der Waals surface area contributed by atoms with Gasteiger partial charge in [0.1, 0.15) is 6.10 Å². The summed E-state index contributed by atoms with van der Waals surface area (Å²) >= 11 is 0. The van der Waals surface area contributed by atoms with Crippen molar-refractivity contribution in [3.8, 4) is 0 Å². The molecule has 1 heterocycles. The number of hydrogen-bond donors (Lipinski definition) is 0. The lowest BCUT2D eigenvalue weighted by Gasteiger charge is -2.44. The fourth-order valence-corrected chi connectivity index (χ4v) is 8.24. The molecule has 0 spiro atoms. The molecule has 0 aromatic heterocycles. The second kappa shape index (κ2) is 35.7. The molecule has 0 radical (unpaired) electrons. The normalized spacial score (nSPS) is 20.0. The first-order valence-electron chi connectivity index (χ1n) is 23.8. The van der Waals surface area contributed by atoms with E-state index in [1.807, 2.05) is 6.92 Å². The molecule has 9 heteroatoms. The highest BCUT2D eigenvalue weighted by atomic mass is 16.7. The van der Waals surface area contributed by atoms with Crippen LogP contribution in [0.5, 0.6) is 0 Å². The Labute approximate surface area is 347 Å². The van der Waals surface area contributed by atoms with Gasteiger partial charge in [-0.2, -0.15) is 0 Å². The van der Waals surface area contributed by atoms with Crippen LogP contribution in [0, 0.1) is 5.92 Å². The molecule has 1 saturated heterocycles. The fourth-order valence-electron chi connectivity index (χ4n) is 8.24. The van der Waals surface area contributed by atoms with Gasteiger partial charge in [-0.3, -0.25) is 9.59 Å². The molecule has 1 aliphatic heterocycles. The Balaban J connectivity index is 2.50. The van der Waals surface area contributed by atoms with Crippen molar-refractivity contribution in [1.82, 2.24) is 14.7 Å². The van der Waals surface area contributed by atoms with E-state index in [9.17, 15) is 9.59 Å². The van der Waals surface area contributed by atoms with Crippen molar-refractivity contribution in [2.75, 3.05) is 66.5 Å². The summed E-state index contributed by atoms with van der Waals surface area (Å²) in [5.41, 5.74) is 0. The van der Waals surface area contributed by atoms with E-state index >= 15 is 0 Å². The molecule has 0 aromatic rings. The second-order valence-electron chi connectivity index (χ2n) is 17.2. The summed E-state index contributed by atoms with van der Waals surface area (Å²) in [5.74, 6) is -0.941. The summed E-state index contributed by atoms with van der Waals surface area (Å²) in [6, 6.07) is 0. The molecule has 0 aliphatic carbocycles. The van der Waals surface area contributed by atoms with E-state index < -0.39 is 30.4 Å². The van der Waals surface area contributed by atoms with E-state index in [-0.39, 0.29) is 12.0 Å². The van der Waals surface area contributed by atoms with Crippen molar-refractivity contribution in [2.45, 2.75) is 220 Å². The van der Waals surface area contributed by atoms with Crippen LogP contribution >= 0.6 is 0 Å². The number of carbonyl (C=O) groups excluding carboxylic acids is 2. The first-order valence-corrected chi connectivity index (χ1v) is 23.8. The maximum atomic E-state index is 12.1. The minimum absolute atomic E-state index is 0.113. The van der Waals surface area contributed by atoms with Crippen LogP contribution in [0.1, 0.15) is 196 Å². The molecule has 1 fully saturated rings. The summed E-state index contributed by atoms with van der Waals surface area (Å²) in [6.45, 7) is 19.7. The maximum Gasteiger partial charge on any atom is 0.303 e. The Morgan fingerprint density at radius 1 is 0.500 bits per heavy atom. The average molecular weight is 796 g/mol. The van der Waals surface area contributed by atoms with Gasteiger partial charge in [-0.1, -0.05) is 143 Å². The number of ether oxygens (including phenoxy) is 4. The van der Waals surface area contributed by atoms with E-state index in [0.717, 1.165) is 52.0 Å². The van der Waals surface area contributed by atoms with Crippen molar-refractivity contribution < 1.29 is 28.5 Å². The number of hydrogen-bond acceptors (Lipinski definition) is 9. The molecule has 5 unspecified atom stereocenters. The number of unbranched alkanes of at least 4 members (excludes halogenated alkanes) is 18. The molecular formula is C47H93N3O6. The number of nitrogens with zero attached hydrogens (tertiary/aromatic N) is 3. The highest BCUT2D eigenvalue weighted by Crippen LogP contribution is 2.32. The van der Waals surface area contributed by atoms with Gasteiger partial charge in [-0.05, 0) is 91.9 Å². The van der Waals surface area contributed by atoms with Gasteiger partial charge in [0, 0.05) is 26.3 Å². The van der Waals surface area contributed by atoms with E-state index in [2.05, 4.69) is 49.6 Å². The van der Waals surface area contributed by atoms with E-state index in [0.29, 0.717) is 6.61 Å². The van der Waals surface area contributed by atoms with Crippen LogP contribution in [0.2, 0.25) is 0 Å². The van der Waals surface area contributed by atoms with E-state index in [4.69, 9.17) is 18.9 Å². The third-order valence-electron chi connectivity index (χ3n) is 11.7. The van der Waals surface area contributed by atoms with Crippen LogP contribution in [0.4, 0.5) is 0 Å². The van der Waals surface area contributed by atoms with Gasteiger partial charge in [0.25, 0.3) is 0 Å². The minimum Gasteiger partial charge on any atom is -0.458 e. The molecule has 5 atom stereocenters. The molecule has 0 saturated carbocycles. The monoisotopic (exact) mass is 796 g/mol. The fraction of sp³-hybridized carbons (Fsp3) is 0.957. The van der Waals surface area contributed by atoms with Crippen molar-refractivity contribution in [2.24, 2.45) is 5.92 Å². The van der Waals surface area contributed by atoms with Crippen molar-refractivity contribution in [1.29, 1.82) is 0 Å². The van der Waals surface area contributed by atoms with Gasteiger partial charge in [-0.25, -0.2) is 0 Å². The summed E-state index contributed by atoms with van der Waals surface area (Å²) in [7, 11) is 4.57. The maximum absolute atomic E-state index is 12.1. The first-order chi connectivity index (χ1) is 27.1. The molecule has 9 nitrogen and oxygen atoms in total. The SMILES string of the molecule is CCCCCCCCCCCCN(C)CCCN(C)CCCN(CCCCCCCCCCCC)CCCOC1OC(CC)C(C)C(OC(C)=O)C1OC(C)=O. The Hall–Kier alpha value is -1.26. The molecule has 332 valence electrons. The highest BCUT2D eigenvalue weighted by molar-refractivity contribution is 5.67. The Morgan fingerprint density at radius 3 is 1.34 bits per heavy atom. The van der Waals surface area contributed by atoms with Gasteiger partial charge < -0.3 is 33.6 Å². The lowest BCUT2D eigenvalue weighted by molar-refractivity contribution is -0.290. The summed E-state index contributed by atoms with van der Waals surface area (Å²) in [4.78, 5) is 31.7. The van der Waals surface area contributed by atoms with Crippen LogP contribution in [0.3, 0.4) is 0 Å². The molecule has 1 aliphatic rings. The van der Waals surface area contributed by atoms with Crippen molar-refractivity contribution in [3.05, 3.63) is 0 Å². The highest BCUT2D eigenvalue weighted by Gasteiger charge is 2.47. The molecule has 0 amide bonds. The lowest BCUT2D eigenvalue weighted by Crippen LogP contribution is -2.57. The molecule has 0 N–H and O–H groups in total. The first kappa shape index (κ1) is 52.8. The molecular weight excluding hydrogens is 703 g/mol. The zero-order chi connectivity index (χ0) is 41.2. The van der Waals surface area contributed by atoms with Crippen LogP contribution in [-0.4, -0.2) is 118 Å². The zero-order valence-electron chi connectivity index (χ0n) is 38.3. The third kappa shape index (κ3) is 27.4. The largest absolute Gasteiger partial charge is 0.458 e. The van der Waals surface area contributed by atoms with Crippen LogP contribution < -0.4 is 0 Å². The summed E-state index contributed by atoms with van der Waals surface area (Å²) in [6.07, 6.45) is 29.1. The summed E-state index contributed by atoms with van der Waals surface area (Å²) < 4.78 is 23.9. The smallest absolute Gasteiger partial charge is 0.303 e. The molecule has 1 rings (SSSR count). The molecule has 0 aromatic carbocycles. The van der Waals surface area contributed by atoms with Crippen LogP contribution in [0.15, 0.2) is 0 Å². The standard InChI is InChI=1S/C47H93N3O6/c1-9-12-14-16-18-20-22-24-26-28-33-48(7)34-30-35-49(8)36-31-38-50(37-29-27-25-23-21-19-17-15-13-10-2)39-32-40-53-47-46(55-43(6)52)45(54-42(5)51)41(4)44(11-3)56-47/h41,44-47H,9-40H2,1-8H3. The van der Waals surface area contributed by atoms with Gasteiger partial charge in [0.15, 0.2) is 12.4 Å². The van der Waals surface area contributed by atoms with Crippen molar-refractivity contribution in [3.63, 3.8) is 0 Å². The second-order valence-corrected chi connectivity index (χ2v) is 17.2. The van der Waals surface area contributed by atoms with Crippen LogP contribution in [-0.2, 0) is 28.5 Å².